The Kier molecular flexibility index (Phi) is 7.23. The third kappa shape index (κ3) is 5.73. The van der Waals surface area contributed by atoms with Gasteiger partial charge in [0.1, 0.15) is 0 Å². The molecule has 0 saturated carbocycles. The molecule has 1 aliphatic carbocycles. The number of rotatable bonds is 7. The van der Waals surface area contributed by atoms with Crippen LogP contribution in [0, 0.1) is 13.8 Å². The normalized spacial score (nSPS) is 14.0. The van der Waals surface area contributed by atoms with Crippen molar-refractivity contribution in [3.63, 3.8) is 0 Å². The molecule has 0 bridgehead atoms. The molecule has 0 atom stereocenters. The quantitative estimate of drug-likeness (QED) is 0.760. The average molecular weight is 342 g/mol. The minimum absolute atomic E-state index is 0.00738. The van der Waals surface area contributed by atoms with Gasteiger partial charge in [0.25, 0.3) is 0 Å². The maximum atomic E-state index is 12.1. The van der Waals surface area contributed by atoms with Gasteiger partial charge in [-0.05, 0) is 63.1 Å². The molecule has 136 valence electrons. The molecule has 4 heteroatoms. The lowest BCUT2D eigenvalue weighted by Crippen LogP contribution is -2.34. The van der Waals surface area contributed by atoms with Gasteiger partial charge >= 0.3 is 0 Å². The molecule has 25 heavy (non-hydrogen) atoms. The summed E-state index contributed by atoms with van der Waals surface area (Å²) >= 11 is 0. The molecule has 0 heterocycles. The van der Waals surface area contributed by atoms with Crippen LogP contribution in [-0.4, -0.2) is 24.9 Å². The Balaban J connectivity index is 1.84. The number of hydrogen-bond donors (Lipinski definition) is 1. The summed E-state index contributed by atoms with van der Waals surface area (Å²) in [5, 5.41) is 2.98. The van der Waals surface area contributed by atoms with Gasteiger partial charge in [0.15, 0.2) is 0 Å². The molecule has 4 nitrogen and oxygen atoms in total. The van der Waals surface area contributed by atoms with E-state index in [9.17, 15) is 9.59 Å². The fourth-order valence-electron chi connectivity index (χ4n) is 3.27. The van der Waals surface area contributed by atoms with Gasteiger partial charge in [-0.3, -0.25) is 9.59 Å². The fourth-order valence-corrected chi connectivity index (χ4v) is 3.27. The van der Waals surface area contributed by atoms with Gasteiger partial charge in [-0.15, -0.1) is 0 Å². The zero-order valence-electron chi connectivity index (χ0n) is 15.7. The van der Waals surface area contributed by atoms with Crippen molar-refractivity contribution in [1.29, 1.82) is 0 Å². The maximum Gasteiger partial charge on any atom is 0.223 e. The molecule has 1 aromatic rings. The Hall–Kier alpha value is -2.10. The molecule has 1 N–H and O–H groups in total. The third-order valence-corrected chi connectivity index (χ3v) is 4.96. The second kappa shape index (κ2) is 9.40. The highest BCUT2D eigenvalue weighted by Crippen LogP contribution is 2.23. The van der Waals surface area contributed by atoms with Crippen molar-refractivity contribution in [2.45, 2.75) is 59.3 Å². The van der Waals surface area contributed by atoms with Crippen LogP contribution in [0.25, 0.3) is 0 Å². The van der Waals surface area contributed by atoms with Crippen LogP contribution in [0.1, 0.15) is 56.6 Å². The van der Waals surface area contributed by atoms with E-state index in [-0.39, 0.29) is 11.8 Å². The SMILES string of the molecule is CC(=O)N(CCC(=O)NCCC1=CCCCC1)c1cccc(C)c1C. The van der Waals surface area contributed by atoms with E-state index < -0.39 is 0 Å². The molecule has 1 aromatic carbocycles. The molecule has 0 aliphatic heterocycles. The van der Waals surface area contributed by atoms with Crippen LogP contribution in [0.5, 0.6) is 0 Å². The highest BCUT2D eigenvalue weighted by Gasteiger charge is 2.16. The number of allylic oxidation sites excluding steroid dienone is 1. The summed E-state index contributed by atoms with van der Waals surface area (Å²) in [5.74, 6) is -0.0261. The summed E-state index contributed by atoms with van der Waals surface area (Å²) in [7, 11) is 0. The lowest BCUT2D eigenvalue weighted by molar-refractivity contribution is -0.121. The molecule has 2 rings (SSSR count). The van der Waals surface area contributed by atoms with Crippen molar-refractivity contribution >= 4 is 17.5 Å². The Morgan fingerprint density at radius 2 is 2.00 bits per heavy atom. The van der Waals surface area contributed by atoms with Crippen LogP contribution in [0.2, 0.25) is 0 Å². The van der Waals surface area contributed by atoms with Crippen LogP contribution >= 0.6 is 0 Å². The van der Waals surface area contributed by atoms with Crippen molar-refractivity contribution in [2.24, 2.45) is 0 Å². The number of hydrogen-bond acceptors (Lipinski definition) is 2. The number of carbonyl (C=O) groups is 2. The Morgan fingerprint density at radius 1 is 1.20 bits per heavy atom. The summed E-state index contributed by atoms with van der Waals surface area (Å²) in [6.07, 6.45) is 8.48. The van der Waals surface area contributed by atoms with Crippen molar-refractivity contribution < 1.29 is 9.59 Å². The van der Waals surface area contributed by atoms with Crippen molar-refractivity contribution in [3.05, 3.63) is 41.0 Å². The largest absolute Gasteiger partial charge is 0.356 e. The van der Waals surface area contributed by atoms with Crippen molar-refractivity contribution in [1.82, 2.24) is 5.32 Å². The number of nitrogens with zero attached hydrogens (tertiary/aromatic N) is 1. The Labute approximate surface area is 151 Å². The molecule has 0 aromatic heterocycles. The third-order valence-electron chi connectivity index (χ3n) is 4.96. The predicted octanol–water partition coefficient (Wildman–Crippen LogP) is 4.05. The van der Waals surface area contributed by atoms with E-state index in [1.807, 2.05) is 32.0 Å². The highest BCUT2D eigenvalue weighted by atomic mass is 16.2. The zero-order chi connectivity index (χ0) is 18.2. The number of carbonyl (C=O) groups excluding carboxylic acids is 2. The van der Waals surface area contributed by atoms with Crippen LogP contribution in [0.3, 0.4) is 0 Å². The highest BCUT2D eigenvalue weighted by molar-refractivity contribution is 5.93. The van der Waals surface area contributed by atoms with Crippen molar-refractivity contribution in [2.75, 3.05) is 18.0 Å². The fraction of sp³-hybridized carbons (Fsp3) is 0.524. The minimum Gasteiger partial charge on any atom is -0.356 e. The van der Waals surface area contributed by atoms with Gasteiger partial charge in [0, 0.05) is 32.1 Å². The lowest BCUT2D eigenvalue weighted by atomic mass is 9.97. The maximum absolute atomic E-state index is 12.1. The van der Waals surface area contributed by atoms with E-state index in [0.29, 0.717) is 19.5 Å². The minimum atomic E-state index is -0.0335. The second-order valence-corrected chi connectivity index (χ2v) is 6.85. The van der Waals surface area contributed by atoms with Gasteiger partial charge in [0.2, 0.25) is 11.8 Å². The summed E-state index contributed by atoms with van der Waals surface area (Å²) < 4.78 is 0. The molecule has 0 spiro atoms. The van der Waals surface area contributed by atoms with E-state index in [0.717, 1.165) is 23.2 Å². The summed E-state index contributed by atoms with van der Waals surface area (Å²) in [6.45, 7) is 6.69. The molecular weight excluding hydrogens is 312 g/mol. The monoisotopic (exact) mass is 342 g/mol. The molecular formula is C21H30N2O2. The lowest BCUT2D eigenvalue weighted by Gasteiger charge is -2.24. The van der Waals surface area contributed by atoms with E-state index >= 15 is 0 Å². The second-order valence-electron chi connectivity index (χ2n) is 6.85. The number of amides is 2. The standard InChI is InChI=1S/C21H30N2O2/c1-16-8-7-11-20(17(16)2)23(18(3)24)15-13-21(25)22-14-12-19-9-5-4-6-10-19/h7-9,11H,4-6,10,12-15H2,1-3H3,(H,22,25). The first-order chi connectivity index (χ1) is 12.0. The summed E-state index contributed by atoms with van der Waals surface area (Å²) in [6, 6.07) is 5.92. The van der Waals surface area contributed by atoms with Crippen LogP contribution in [-0.2, 0) is 9.59 Å². The first-order valence-corrected chi connectivity index (χ1v) is 9.28. The topological polar surface area (TPSA) is 49.4 Å². The van der Waals surface area contributed by atoms with E-state index in [1.165, 1.54) is 31.3 Å². The molecule has 0 saturated heterocycles. The van der Waals surface area contributed by atoms with E-state index in [4.69, 9.17) is 0 Å². The van der Waals surface area contributed by atoms with Gasteiger partial charge in [-0.2, -0.15) is 0 Å². The predicted molar refractivity (Wildman–Crippen MR) is 103 cm³/mol. The summed E-state index contributed by atoms with van der Waals surface area (Å²) in [5.41, 5.74) is 4.59. The first-order valence-electron chi connectivity index (χ1n) is 9.28. The average Bonchev–Trinajstić information content (AvgIpc) is 2.59. The van der Waals surface area contributed by atoms with E-state index in [1.54, 1.807) is 11.8 Å². The van der Waals surface area contributed by atoms with Gasteiger partial charge in [-0.25, -0.2) is 0 Å². The molecule has 0 fully saturated rings. The molecule has 1 aliphatic rings. The summed E-state index contributed by atoms with van der Waals surface area (Å²) in [4.78, 5) is 25.9. The Bertz CT molecular complexity index is 649. The van der Waals surface area contributed by atoms with Gasteiger partial charge in [0.05, 0.1) is 0 Å². The van der Waals surface area contributed by atoms with Crippen molar-refractivity contribution in [3.8, 4) is 0 Å². The van der Waals surface area contributed by atoms with Crippen LogP contribution in [0.15, 0.2) is 29.8 Å². The smallest absolute Gasteiger partial charge is 0.223 e. The first kappa shape index (κ1) is 19.2. The Morgan fingerprint density at radius 3 is 2.68 bits per heavy atom. The number of benzene rings is 1. The number of anilines is 1. The van der Waals surface area contributed by atoms with Crippen LogP contribution in [0.4, 0.5) is 5.69 Å². The van der Waals surface area contributed by atoms with E-state index in [2.05, 4.69) is 11.4 Å². The molecule has 0 radical (unpaired) electrons. The van der Waals surface area contributed by atoms with Gasteiger partial charge < -0.3 is 10.2 Å². The number of nitrogens with one attached hydrogen (secondary N) is 1. The van der Waals surface area contributed by atoms with Crippen LogP contribution < -0.4 is 10.2 Å². The number of aryl methyl sites for hydroxylation is 1. The molecule has 0 unspecified atom stereocenters. The molecule has 2 amide bonds. The van der Waals surface area contributed by atoms with Gasteiger partial charge in [-0.1, -0.05) is 23.8 Å². The zero-order valence-corrected chi connectivity index (χ0v) is 15.7.